The van der Waals surface area contributed by atoms with Crippen molar-refractivity contribution in [1.82, 2.24) is 0 Å². The van der Waals surface area contributed by atoms with Crippen LogP contribution in [0.1, 0.15) is 12.5 Å². The Morgan fingerprint density at radius 3 is 2.88 bits per heavy atom. The highest BCUT2D eigenvalue weighted by atomic mass is 16.5. The lowest BCUT2D eigenvalue weighted by atomic mass is 10.2. The molecule has 2 atom stereocenters. The first-order valence-corrected chi connectivity index (χ1v) is 5.37. The Balaban J connectivity index is 1.82. The standard InChI is InChI=1S/C12H16N2O2/c1-9(11-8-16-12(13)14-11)15-7-10-5-3-2-4-6-10/h2-6,9,11H,7-8H2,1H3,(H2,13,14)/t9?,11-/m1/s1. The summed E-state index contributed by atoms with van der Waals surface area (Å²) in [6, 6.07) is 10.3. The predicted octanol–water partition coefficient (Wildman–Crippen LogP) is 1.31. The van der Waals surface area contributed by atoms with Crippen LogP contribution in [-0.2, 0) is 16.1 Å². The van der Waals surface area contributed by atoms with Gasteiger partial charge >= 0.3 is 0 Å². The van der Waals surface area contributed by atoms with Crippen molar-refractivity contribution < 1.29 is 9.47 Å². The van der Waals surface area contributed by atoms with Gasteiger partial charge in [-0.25, -0.2) is 4.99 Å². The number of hydrogen-bond donors (Lipinski definition) is 1. The van der Waals surface area contributed by atoms with Gasteiger partial charge in [-0.05, 0) is 12.5 Å². The largest absolute Gasteiger partial charge is 0.463 e. The molecule has 0 aromatic heterocycles. The molecular formula is C12H16N2O2. The van der Waals surface area contributed by atoms with Crippen LogP contribution in [0.25, 0.3) is 0 Å². The van der Waals surface area contributed by atoms with Crippen molar-refractivity contribution in [2.45, 2.75) is 25.7 Å². The molecule has 1 aromatic rings. The maximum absolute atomic E-state index is 5.72. The lowest BCUT2D eigenvalue weighted by molar-refractivity contribution is 0.0310. The summed E-state index contributed by atoms with van der Waals surface area (Å²) in [5.41, 5.74) is 6.60. The summed E-state index contributed by atoms with van der Waals surface area (Å²) >= 11 is 0. The van der Waals surface area contributed by atoms with Crippen molar-refractivity contribution in [3.8, 4) is 0 Å². The van der Waals surface area contributed by atoms with Gasteiger partial charge in [-0.2, -0.15) is 0 Å². The van der Waals surface area contributed by atoms with Gasteiger partial charge in [-0.15, -0.1) is 0 Å². The fourth-order valence-corrected chi connectivity index (χ4v) is 1.56. The molecule has 2 rings (SSSR count). The summed E-state index contributed by atoms with van der Waals surface area (Å²) < 4.78 is 10.8. The minimum atomic E-state index is 0.0151. The zero-order valence-electron chi connectivity index (χ0n) is 9.30. The van der Waals surface area contributed by atoms with Gasteiger partial charge in [-0.3, -0.25) is 0 Å². The number of ether oxygens (including phenoxy) is 2. The zero-order chi connectivity index (χ0) is 11.4. The van der Waals surface area contributed by atoms with Crippen molar-refractivity contribution in [1.29, 1.82) is 0 Å². The molecule has 1 heterocycles. The first-order valence-electron chi connectivity index (χ1n) is 5.37. The number of aliphatic imine (C=N–C) groups is 1. The summed E-state index contributed by atoms with van der Waals surface area (Å²) in [5, 5.41) is 0. The van der Waals surface area contributed by atoms with E-state index in [0.29, 0.717) is 13.2 Å². The van der Waals surface area contributed by atoms with E-state index in [1.165, 1.54) is 0 Å². The number of amidine groups is 1. The van der Waals surface area contributed by atoms with Crippen molar-refractivity contribution in [3.05, 3.63) is 35.9 Å². The predicted molar refractivity (Wildman–Crippen MR) is 62.1 cm³/mol. The van der Waals surface area contributed by atoms with E-state index in [1.54, 1.807) is 0 Å². The zero-order valence-corrected chi connectivity index (χ0v) is 9.30. The quantitative estimate of drug-likeness (QED) is 0.832. The topological polar surface area (TPSA) is 56.8 Å². The van der Waals surface area contributed by atoms with Crippen LogP contribution in [0.3, 0.4) is 0 Å². The second-order valence-corrected chi connectivity index (χ2v) is 3.85. The average molecular weight is 220 g/mol. The van der Waals surface area contributed by atoms with Crippen molar-refractivity contribution in [3.63, 3.8) is 0 Å². The molecule has 4 heteroatoms. The highest BCUT2D eigenvalue weighted by molar-refractivity contribution is 5.73. The fraction of sp³-hybridized carbons (Fsp3) is 0.417. The summed E-state index contributed by atoms with van der Waals surface area (Å²) in [5.74, 6) is 0. The second kappa shape index (κ2) is 4.99. The van der Waals surface area contributed by atoms with Gasteiger partial charge in [0.1, 0.15) is 12.6 Å². The van der Waals surface area contributed by atoms with E-state index in [-0.39, 0.29) is 18.2 Å². The van der Waals surface area contributed by atoms with Gasteiger partial charge in [0.15, 0.2) is 0 Å². The normalized spacial score (nSPS) is 21.3. The number of nitrogens with zero attached hydrogens (tertiary/aromatic N) is 1. The molecule has 0 fully saturated rings. The maximum Gasteiger partial charge on any atom is 0.282 e. The van der Waals surface area contributed by atoms with E-state index in [1.807, 2.05) is 37.3 Å². The molecule has 1 aliphatic heterocycles. The summed E-state index contributed by atoms with van der Waals surface area (Å²) in [6.07, 6.45) is 0.0151. The molecular weight excluding hydrogens is 204 g/mol. The van der Waals surface area contributed by atoms with Crippen LogP contribution in [0.15, 0.2) is 35.3 Å². The van der Waals surface area contributed by atoms with Gasteiger partial charge in [0.2, 0.25) is 0 Å². The van der Waals surface area contributed by atoms with Crippen LogP contribution < -0.4 is 5.73 Å². The highest BCUT2D eigenvalue weighted by Gasteiger charge is 2.23. The highest BCUT2D eigenvalue weighted by Crippen LogP contribution is 2.12. The van der Waals surface area contributed by atoms with Crippen LogP contribution in [0.5, 0.6) is 0 Å². The smallest absolute Gasteiger partial charge is 0.282 e. The molecule has 1 aromatic carbocycles. The summed E-state index contributed by atoms with van der Waals surface area (Å²) in [4.78, 5) is 4.15. The minimum Gasteiger partial charge on any atom is -0.463 e. The Morgan fingerprint density at radius 2 is 2.25 bits per heavy atom. The second-order valence-electron chi connectivity index (χ2n) is 3.85. The third kappa shape index (κ3) is 2.73. The van der Waals surface area contributed by atoms with Crippen LogP contribution >= 0.6 is 0 Å². The minimum absolute atomic E-state index is 0.0151. The molecule has 86 valence electrons. The molecule has 0 bridgehead atoms. The maximum atomic E-state index is 5.72. The molecule has 0 spiro atoms. The van der Waals surface area contributed by atoms with E-state index in [2.05, 4.69) is 4.99 Å². The molecule has 2 N–H and O–H groups in total. The van der Waals surface area contributed by atoms with Gasteiger partial charge in [0.05, 0.1) is 12.7 Å². The lowest BCUT2D eigenvalue weighted by Crippen LogP contribution is -2.25. The van der Waals surface area contributed by atoms with E-state index < -0.39 is 0 Å². The molecule has 0 aliphatic carbocycles. The van der Waals surface area contributed by atoms with Crippen molar-refractivity contribution in [2.75, 3.05) is 6.61 Å². The Bertz CT molecular complexity index is 365. The molecule has 1 unspecified atom stereocenters. The van der Waals surface area contributed by atoms with Crippen LogP contribution in [0.4, 0.5) is 0 Å². The van der Waals surface area contributed by atoms with Crippen molar-refractivity contribution in [2.24, 2.45) is 10.7 Å². The lowest BCUT2D eigenvalue weighted by Gasteiger charge is -2.16. The van der Waals surface area contributed by atoms with Crippen LogP contribution in [-0.4, -0.2) is 24.8 Å². The van der Waals surface area contributed by atoms with Gasteiger partial charge in [0, 0.05) is 0 Å². The van der Waals surface area contributed by atoms with Gasteiger partial charge < -0.3 is 15.2 Å². The van der Waals surface area contributed by atoms with E-state index >= 15 is 0 Å². The Morgan fingerprint density at radius 1 is 1.50 bits per heavy atom. The Labute approximate surface area is 95.1 Å². The van der Waals surface area contributed by atoms with Crippen LogP contribution in [0.2, 0.25) is 0 Å². The SMILES string of the molecule is CC(OCc1ccccc1)[C@H]1COC(N)=N1. The molecule has 0 radical (unpaired) electrons. The molecule has 16 heavy (non-hydrogen) atoms. The molecule has 1 aliphatic rings. The number of nitrogens with two attached hydrogens (primary N) is 1. The first-order chi connectivity index (χ1) is 7.75. The number of rotatable bonds is 4. The van der Waals surface area contributed by atoms with Gasteiger partial charge in [0.25, 0.3) is 6.02 Å². The van der Waals surface area contributed by atoms with E-state index in [9.17, 15) is 0 Å². The fourth-order valence-electron chi connectivity index (χ4n) is 1.56. The average Bonchev–Trinajstić information content (AvgIpc) is 2.74. The van der Waals surface area contributed by atoms with E-state index in [0.717, 1.165) is 5.56 Å². The number of benzene rings is 1. The molecule has 0 amide bonds. The third-order valence-corrected chi connectivity index (χ3v) is 2.59. The number of hydrogen-bond acceptors (Lipinski definition) is 4. The first kappa shape index (κ1) is 11.0. The summed E-state index contributed by atoms with van der Waals surface area (Å²) in [6.45, 7) is 3.09. The molecule has 0 saturated heterocycles. The molecule has 4 nitrogen and oxygen atoms in total. The van der Waals surface area contributed by atoms with Crippen molar-refractivity contribution >= 4 is 6.02 Å². The third-order valence-electron chi connectivity index (χ3n) is 2.59. The Kier molecular flexibility index (Phi) is 3.41. The van der Waals surface area contributed by atoms with Gasteiger partial charge in [-0.1, -0.05) is 30.3 Å². The molecule has 0 saturated carbocycles. The van der Waals surface area contributed by atoms with E-state index in [4.69, 9.17) is 15.2 Å². The summed E-state index contributed by atoms with van der Waals surface area (Å²) in [7, 11) is 0. The Hall–Kier alpha value is -1.55. The monoisotopic (exact) mass is 220 g/mol. The van der Waals surface area contributed by atoms with Crippen LogP contribution in [0, 0.1) is 0 Å².